The van der Waals surface area contributed by atoms with Crippen LogP contribution in [-0.2, 0) is 0 Å². The SMILES string of the molecule is CCN(CC(N)=S)C(=O)c1ccccc1SC. The van der Waals surface area contributed by atoms with E-state index >= 15 is 0 Å². The Hall–Kier alpha value is -1.07. The summed E-state index contributed by atoms with van der Waals surface area (Å²) in [7, 11) is 0. The van der Waals surface area contributed by atoms with Crippen LogP contribution < -0.4 is 5.73 Å². The Kier molecular flexibility index (Phi) is 5.44. The maximum Gasteiger partial charge on any atom is 0.255 e. The van der Waals surface area contributed by atoms with Gasteiger partial charge in [0.2, 0.25) is 0 Å². The minimum absolute atomic E-state index is 0.0229. The highest BCUT2D eigenvalue weighted by molar-refractivity contribution is 7.98. The molecule has 5 heteroatoms. The molecule has 1 aromatic carbocycles. The Morgan fingerprint density at radius 1 is 1.47 bits per heavy atom. The van der Waals surface area contributed by atoms with Crippen molar-refractivity contribution in [1.29, 1.82) is 0 Å². The van der Waals surface area contributed by atoms with E-state index < -0.39 is 0 Å². The van der Waals surface area contributed by atoms with E-state index in [2.05, 4.69) is 0 Å². The van der Waals surface area contributed by atoms with Crippen molar-refractivity contribution in [1.82, 2.24) is 4.90 Å². The number of likely N-dealkylation sites (N-methyl/N-ethyl adjacent to an activating group) is 1. The van der Waals surface area contributed by atoms with Gasteiger partial charge in [0.25, 0.3) is 5.91 Å². The molecule has 1 amide bonds. The maximum absolute atomic E-state index is 12.3. The number of carbonyl (C=O) groups is 1. The Balaban J connectivity index is 2.97. The zero-order chi connectivity index (χ0) is 12.8. The second kappa shape index (κ2) is 6.61. The molecule has 0 unspecified atom stereocenters. The molecular formula is C12H16N2OS2. The molecule has 0 aliphatic carbocycles. The molecule has 0 heterocycles. The normalized spacial score (nSPS) is 10.0. The average Bonchev–Trinajstić information content (AvgIpc) is 2.34. The smallest absolute Gasteiger partial charge is 0.255 e. The van der Waals surface area contributed by atoms with Gasteiger partial charge in [-0.2, -0.15) is 0 Å². The summed E-state index contributed by atoms with van der Waals surface area (Å²) in [5, 5.41) is 0. The van der Waals surface area contributed by atoms with Crippen LogP contribution in [0.1, 0.15) is 17.3 Å². The lowest BCUT2D eigenvalue weighted by Crippen LogP contribution is -2.37. The van der Waals surface area contributed by atoms with Gasteiger partial charge in [0.15, 0.2) is 0 Å². The van der Waals surface area contributed by atoms with Crippen molar-refractivity contribution in [3.63, 3.8) is 0 Å². The first-order valence-electron chi connectivity index (χ1n) is 5.30. The quantitative estimate of drug-likeness (QED) is 0.656. The summed E-state index contributed by atoms with van der Waals surface area (Å²) >= 11 is 6.41. The molecule has 0 spiro atoms. The van der Waals surface area contributed by atoms with Gasteiger partial charge in [-0.1, -0.05) is 24.4 Å². The van der Waals surface area contributed by atoms with Crippen LogP contribution in [0.4, 0.5) is 0 Å². The summed E-state index contributed by atoms with van der Waals surface area (Å²) in [5.74, 6) is -0.0229. The molecule has 0 fully saturated rings. The Morgan fingerprint density at radius 3 is 2.65 bits per heavy atom. The highest BCUT2D eigenvalue weighted by atomic mass is 32.2. The van der Waals surface area contributed by atoms with Crippen LogP contribution in [-0.4, -0.2) is 35.1 Å². The van der Waals surface area contributed by atoms with Crippen molar-refractivity contribution in [2.45, 2.75) is 11.8 Å². The van der Waals surface area contributed by atoms with Crippen LogP contribution >= 0.6 is 24.0 Å². The topological polar surface area (TPSA) is 46.3 Å². The van der Waals surface area contributed by atoms with E-state index in [9.17, 15) is 4.79 Å². The lowest BCUT2D eigenvalue weighted by molar-refractivity contribution is 0.0784. The van der Waals surface area contributed by atoms with E-state index in [4.69, 9.17) is 18.0 Å². The number of hydrogen-bond acceptors (Lipinski definition) is 3. The van der Waals surface area contributed by atoms with Gasteiger partial charge >= 0.3 is 0 Å². The third kappa shape index (κ3) is 3.71. The maximum atomic E-state index is 12.3. The monoisotopic (exact) mass is 268 g/mol. The lowest BCUT2D eigenvalue weighted by Gasteiger charge is -2.21. The van der Waals surface area contributed by atoms with E-state index in [1.165, 1.54) is 0 Å². The molecular weight excluding hydrogens is 252 g/mol. The van der Waals surface area contributed by atoms with Crippen molar-refractivity contribution in [3.05, 3.63) is 29.8 Å². The number of hydrogen-bond donors (Lipinski definition) is 1. The Morgan fingerprint density at radius 2 is 2.12 bits per heavy atom. The number of amides is 1. The molecule has 1 aromatic rings. The molecule has 1 rings (SSSR count). The second-order valence-electron chi connectivity index (χ2n) is 3.49. The zero-order valence-electron chi connectivity index (χ0n) is 9.97. The van der Waals surface area contributed by atoms with Gasteiger partial charge in [-0.25, -0.2) is 0 Å². The first-order chi connectivity index (χ1) is 8.10. The van der Waals surface area contributed by atoms with Crippen molar-refractivity contribution < 1.29 is 4.79 Å². The van der Waals surface area contributed by atoms with E-state index in [0.29, 0.717) is 23.6 Å². The van der Waals surface area contributed by atoms with Gasteiger partial charge < -0.3 is 10.6 Å². The van der Waals surface area contributed by atoms with Gasteiger partial charge in [-0.3, -0.25) is 4.79 Å². The minimum atomic E-state index is -0.0229. The molecule has 0 radical (unpaired) electrons. The molecule has 92 valence electrons. The van der Waals surface area contributed by atoms with Gasteiger partial charge in [-0.05, 0) is 25.3 Å². The molecule has 0 aliphatic rings. The number of thiocarbonyl (C=S) groups is 1. The molecule has 0 saturated carbocycles. The fourth-order valence-corrected chi connectivity index (χ4v) is 2.25. The first-order valence-corrected chi connectivity index (χ1v) is 6.94. The van der Waals surface area contributed by atoms with E-state index in [-0.39, 0.29) is 5.91 Å². The van der Waals surface area contributed by atoms with Crippen LogP contribution in [0, 0.1) is 0 Å². The summed E-state index contributed by atoms with van der Waals surface area (Å²) in [4.78, 5) is 15.2. The molecule has 0 bridgehead atoms. The van der Waals surface area contributed by atoms with Gasteiger partial charge in [-0.15, -0.1) is 11.8 Å². The van der Waals surface area contributed by atoms with Crippen molar-refractivity contribution in [2.24, 2.45) is 5.73 Å². The molecule has 0 atom stereocenters. The van der Waals surface area contributed by atoms with Gasteiger partial charge in [0.1, 0.15) is 0 Å². The number of benzene rings is 1. The number of carbonyl (C=O) groups excluding carboxylic acids is 1. The number of thioether (sulfide) groups is 1. The fraction of sp³-hybridized carbons (Fsp3) is 0.333. The standard InChI is InChI=1S/C12H16N2OS2/c1-3-14(8-11(13)16)12(15)9-6-4-5-7-10(9)17-2/h4-7H,3,8H2,1-2H3,(H2,13,16). The lowest BCUT2D eigenvalue weighted by atomic mass is 10.2. The van der Waals surface area contributed by atoms with E-state index in [0.717, 1.165) is 4.90 Å². The predicted octanol–water partition coefficient (Wildman–Crippen LogP) is 2.16. The van der Waals surface area contributed by atoms with Crippen molar-refractivity contribution >= 4 is 34.9 Å². The summed E-state index contributed by atoms with van der Waals surface area (Å²) in [6.07, 6.45) is 1.95. The van der Waals surface area contributed by atoms with Gasteiger partial charge in [0, 0.05) is 11.4 Å². The zero-order valence-corrected chi connectivity index (χ0v) is 11.6. The van der Waals surface area contributed by atoms with Crippen LogP contribution in [0.25, 0.3) is 0 Å². The fourth-order valence-electron chi connectivity index (χ4n) is 1.51. The minimum Gasteiger partial charge on any atom is -0.392 e. The second-order valence-corrected chi connectivity index (χ2v) is 4.86. The van der Waals surface area contributed by atoms with E-state index in [1.54, 1.807) is 16.7 Å². The van der Waals surface area contributed by atoms with Crippen LogP contribution in [0.15, 0.2) is 29.2 Å². The third-order valence-corrected chi connectivity index (χ3v) is 3.28. The first kappa shape index (κ1) is 14.0. The van der Waals surface area contributed by atoms with E-state index in [1.807, 2.05) is 37.4 Å². The summed E-state index contributed by atoms with van der Waals surface area (Å²) in [6.45, 7) is 2.84. The van der Waals surface area contributed by atoms with Crippen molar-refractivity contribution in [3.8, 4) is 0 Å². The molecule has 3 nitrogen and oxygen atoms in total. The van der Waals surface area contributed by atoms with Gasteiger partial charge in [0.05, 0.1) is 17.1 Å². The molecule has 0 aromatic heterocycles. The molecule has 0 saturated heterocycles. The van der Waals surface area contributed by atoms with Crippen LogP contribution in [0.3, 0.4) is 0 Å². The number of nitrogens with zero attached hydrogens (tertiary/aromatic N) is 1. The number of rotatable bonds is 5. The predicted molar refractivity (Wildman–Crippen MR) is 76.6 cm³/mol. The molecule has 0 aliphatic heterocycles. The third-order valence-electron chi connectivity index (χ3n) is 2.35. The highest BCUT2D eigenvalue weighted by Crippen LogP contribution is 2.21. The highest BCUT2D eigenvalue weighted by Gasteiger charge is 2.17. The largest absolute Gasteiger partial charge is 0.392 e. The average molecular weight is 268 g/mol. The molecule has 2 N–H and O–H groups in total. The Labute approximate surface area is 111 Å². The summed E-state index contributed by atoms with van der Waals surface area (Å²) in [6, 6.07) is 7.55. The van der Waals surface area contributed by atoms with Crippen molar-refractivity contribution in [2.75, 3.05) is 19.3 Å². The summed E-state index contributed by atoms with van der Waals surface area (Å²) < 4.78 is 0. The number of nitrogens with two attached hydrogens (primary N) is 1. The Bertz CT molecular complexity index is 421. The summed E-state index contributed by atoms with van der Waals surface area (Å²) in [5.41, 5.74) is 6.19. The molecule has 17 heavy (non-hydrogen) atoms. The van der Waals surface area contributed by atoms with Crippen LogP contribution in [0.5, 0.6) is 0 Å². The van der Waals surface area contributed by atoms with Crippen LogP contribution in [0.2, 0.25) is 0 Å².